The summed E-state index contributed by atoms with van der Waals surface area (Å²) in [5, 5.41) is 0. The van der Waals surface area contributed by atoms with Crippen molar-refractivity contribution in [3.8, 4) is 0 Å². The van der Waals surface area contributed by atoms with Crippen molar-refractivity contribution in [2.75, 3.05) is 0 Å². The molecule has 1 aromatic carbocycles. The Labute approximate surface area is 96.9 Å². The first-order chi connectivity index (χ1) is 7.99. The van der Waals surface area contributed by atoms with Gasteiger partial charge in [-0.2, -0.15) is 0 Å². The number of ketones is 1. The van der Waals surface area contributed by atoms with Crippen molar-refractivity contribution in [1.82, 2.24) is 0 Å². The first-order valence-electron chi connectivity index (χ1n) is 5.06. The average Bonchev–Trinajstić information content (AvgIpc) is 2.57. The molecule has 0 unspecified atom stereocenters. The van der Waals surface area contributed by atoms with E-state index in [0.717, 1.165) is 12.1 Å². The van der Waals surface area contributed by atoms with Crippen LogP contribution >= 0.6 is 0 Å². The Morgan fingerprint density at radius 2 is 1.82 bits per heavy atom. The zero-order valence-corrected chi connectivity index (χ0v) is 9.38. The van der Waals surface area contributed by atoms with E-state index in [0.29, 0.717) is 23.2 Å². The first-order valence-corrected chi connectivity index (χ1v) is 5.06. The van der Waals surface area contributed by atoms with Crippen molar-refractivity contribution in [2.24, 2.45) is 0 Å². The molecule has 2 aromatic rings. The summed E-state index contributed by atoms with van der Waals surface area (Å²) in [6.07, 6.45) is 0. The quantitative estimate of drug-likeness (QED) is 0.748. The molecular weight excluding hydrogens is 226 g/mol. The van der Waals surface area contributed by atoms with Crippen LogP contribution in [0.4, 0.5) is 8.78 Å². The number of furan rings is 1. The molecule has 0 spiro atoms. The van der Waals surface area contributed by atoms with Crippen LogP contribution < -0.4 is 0 Å². The van der Waals surface area contributed by atoms with Crippen LogP contribution in [0.2, 0.25) is 0 Å². The number of rotatable bonds is 2. The Hall–Kier alpha value is -1.97. The van der Waals surface area contributed by atoms with Crippen molar-refractivity contribution < 1.29 is 18.0 Å². The molecule has 2 nitrogen and oxygen atoms in total. The second kappa shape index (κ2) is 4.13. The molecule has 0 aliphatic carbocycles. The Morgan fingerprint density at radius 3 is 2.35 bits per heavy atom. The lowest BCUT2D eigenvalue weighted by Gasteiger charge is -2.01. The van der Waals surface area contributed by atoms with Crippen LogP contribution in [0.5, 0.6) is 0 Å². The van der Waals surface area contributed by atoms with Gasteiger partial charge in [0.15, 0.2) is 5.78 Å². The minimum Gasteiger partial charge on any atom is -0.466 e. The summed E-state index contributed by atoms with van der Waals surface area (Å²) in [7, 11) is 0. The largest absolute Gasteiger partial charge is 0.466 e. The number of hydrogen-bond donors (Lipinski definition) is 0. The number of aryl methyl sites for hydroxylation is 2. The molecule has 2 rings (SSSR count). The minimum atomic E-state index is -0.867. The van der Waals surface area contributed by atoms with E-state index in [9.17, 15) is 13.6 Å². The summed E-state index contributed by atoms with van der Waals surface area (Å²) >= 11 is 0. The summed E-state index contributed by atoms with van der Waals surface area (Å²) in [5.41, 5.74) is 0.142. The summed E-state index contributed by atoms with van der Waals surface area (Å²) in [4.78, 5) is 12.0. The third-order valence-electron chi connectivity index (χ3n) is 2.46. The lowest BCUT2D eigenvalue weighted by Crippen LogP contribution is -2.04. The van der Waals surface area contributed by atoms with Gasteiger partial charge in [0, 0.05) is 6.07 Å². The van der Waals surface area contributed by atoms with Gasteiger partial charge in [-0.1, -0.05) is 0 Å². The maximum absolute atomic E-state index is 13.4. The zero-order valence-electron chi connectivity index (χ0n) is 9.38. The summed E-state index contributed by atoms with van der Waals surface area (Å²) < 4.78 is 31.4. The Balaban J connectivity index is 2.47. The SMILES string of the molecule is Cc1cc(C(=O)c2ccc(F)cc2F)c(C)o1. The molecule has 17 heavy (non-hydrogen) atoms. The molecule has 0 radical (unpaired) electrons. The molecule has 1 heterocycles. The average molecular weight is 236 g/mol. The fourth-order valence-corrected chi connectivity index (χ4v) is 1.67. The normalized spacial score (nSPS) is 10.6. The van der Waals surface area contributed by atoms with Gasteiger partial charge in [-0.15, -0.1) is 0 Å². The third kappa shape index (κ3) is 2.11. The van der Waals surface area contributed by atoms with E-state index in [1.54, 1.807) is 19.9 Å². The topological polar surface area (TPSA) is 30.2 Å². The summed E-state index contributed by atoms with van der Waals surface area (Å²) in [6, 6.07) is 4.42. The van der Waals surface area contributed by atoms with E-state index >= 15 is 0 Å². The van der Waals surface area contributed by atoms with E-state index in [-0.39, 0.29) is 5.56 Å². The molecule has 88 valence electrons. The predicted molar refractivity (Wildman–Crippen MR) is 58.0 cm³/mol. The molecular formula is C13H10F2O2. The molecule has 4 heteroatoms. The molecule has 0 saturated heterocycles. The summed E-state index contributed by atoms with van der Waals surface area (Å²) in [6.45, 7) is 3.33. The van der Waals surface area contributed by atoms with Crippen molar-refractivity contribution >= 4 is 5.78 Å². The van der Waals surface area contributed by atoms with Crippen LogP contribution in [-0.4, -0.2) is 5.78 Å². The Morgan fingerprint density at radius 1 is 1.12 bits per heavy atom. The number of hydrogen-bond acceptors (Lipinski definition) is 2. The molecule has 0 aliphatic rings. The summed E-state index contributed by atoms with van der Waals surface area (Å²) in [5.74, 6) is -1.08. The van der Waals surface area contributed by atoms with E-state index < -0.39 is 17.4 Å². The highest BCUT2D eigenvalue weighted by Gasteiger charge is 2.19. The van der Waals surface area contributed by atoms with E-state index in [1.807, 2.05) is 0 Å². The van der Waals surface area contributed by atoms with Crippen LogP contribution in [0.15, 0.2) is 28.7 Å². The smallest absolute Gasteiger partial charge is 0.199 e. The second-order valence-electron chi connectivity index (χ2n) is 3.78. The molecule has 0 N–H and O–H groups in total. The molecule has 0 amide bonds. The Bertz CT molecular complexity index is 585. The van der Waals surface area contributed by atoms with Crippen molar-refractivity contribution in [2.45, 2.75) is 13.8 Å². The van der Waals surface area contributed by atoms with Crippen LogP contribution in [0.1, 0.15) is 27.4 Å². The van der Waals surface area contributed by atoms with Crippen LogP contribution in [-0.2, 0) is 0 Å². The number of carbonyl (C=O) groups excluding carboxylic acids is 1. The number of halogens is 2. The van der Waals surface area contributed by atoms with Gasteiger partial charge in [0.05, 0.1) is 11.1 Å². The van der Waals surface area contributed by atoms with Gasteiger partial charge in [0.25, 0.3) is 0 Å². The van der Waals surface area contributed by atoms with Crippen molar-refractivity contribution in [1.29, 1.82) is 0 Å². The third-order valence-corrected chi connectivity index (χ3v) is 2.46. The Kier molecular flexibility index (Phi) is 2.79. The fraction of sp³-hybridized carbons (Fsp3) is 0.154. The molecule has 0 aliphatic heterocycles. The van der Waals surface area contributed by atoms with Gasteiger partial charge in [-0.05, 0) is 32.0 Å². The molecule has 1 aromatic heterocycles. The second-order valence-corrected chi connectivity index (χ2v) is 3.78. The van der Waals surface area contributed by atoms with E-state index in [4.69, 9.17) is 4.42 Å². The van der Waals surface area contributed by atoms with Crippen LogP contribution in [0.3, 0.4) is 0 Å². The molecule has 0 bridgehead atoms. The van der Waals surface area contributed by atoms with Gasteiger partial charge in [0.1, 0.15) is 23.2 Å². The van der Waals surface area contributed by atoms with Gasteiger partial charge in [-0.25, -0.2) is 8.78 Å². The highest BCUT2D eigenvalue weighted by atomic mass is 19.1. The highest BCUT2D eigenvalue weighted by molar-refractivity contribution is 6.09. The molecule has 0 saturated carbocycles. The standard InChI is InChI=1S/C13H10F2O2/c1-7-5-11(8(2)17-7)13(16)10-4-3-9(14)6-12(10)15/h3-6H,1-2H3. The lowest BCUT2D eigenvalue weighted by molar-refractivity contribution is 0.103. The number of benzene rings is 1. The molecule has 0 atom stereocenters. The van der Waals surface area contributed by atoms with Gasteiger partial charge < -0.3 is 4.42 Å². The predicted octanol–water partition coefficient (Wildman–Crippen LogP) is 3.41. The minimum absolute atomic E-state index is 0.157. The van der Waals surface area contributed by atoms with Gasteiger partial charge >= 0.3 is 0 Å². The van der Waals surface area contributed by atoms with Gasteiger partial charge in [0.2, 0.25) is 0 Å². The lowest BCUT2D eigenvalue weighted by atomic mass is 10.0. The van der Waals surface area contributed by atoms with Crippen molar-refractivity contribution in [3.63, 3.8) is 0 Å². The first kappa shape index (κ1) is 11.5. The molecule has 0 fully saturated rings. The van der Waals surface area contributed by atoms with Crippen molar-refractivity contribution in [3.05, 3.63) is 58.5 Å². The van der Waals surface area contributed by atoms with Crippen LogP contribution in [0, 0.1) is 25.5 Å². The maximum atomic E-state index is 13.4. The van der Waals surface area contributed by atoms with E-state index in [2.05, 4.69) is 0 Å². The van der Waals surface area contributed by atoms with Gasteiger partial charge in [-0.3, -0.25) is 4.79 Å². The zero-order chi connectivity index (χ0) is 12.6. The maximum Gasteiger partial charge on any atom is 0.199 e. The fourth-order valence-electron chi connectivity index (χ4n) is 1.67. The number of carbonyl (C=O) groups is 1. The highest BCUT2D eigenvalue weighted by Crippen LogP contribution is 2.20. The monoisotopic (exact) mass is 236 g/mol. The van der Waals surface area contributed by atoms with Crippen LogP contribution in [0.25, 0.3) is 0 Å². The van der Waals surface area contributed by atoms with E-state index in [1.165, 1.54) is 0 Å².